The first-order valence-corrected chi connectivity index (χ1v) is 11.5. The lowest BCUT2D eigenvalue weighted by Crippen LogP contribution is -2.34. The number of hydrogen-bond donors (Lipinski definition) is 2. The van der Waals surface area contributed by atoms with Crippen LogP contribution in [0.4, 0.5) is 5.69 Å². The number of aryl methyl sites for hydroxylation is 1. The molecule has 10 heteroatoms. The topological polar surface area (TPSA) is 128 Å². The van der Waals surface area contributed by atoms with Crippen LogP contribution in [0.25, 0.3) is 0 Å². The number of benzene rings is 3. The SMILES string of the molecule is COc1ccccc1C(=O)NC(=O)COC(=O)c1ccc(S(=O)(=O)Nc2ccc(C)cc2)cc1. The summed E-state index contributed by atoms with van der Waals surface area (Å²) in [4.78, 5) is 36.4. The normalized spacial score (nSPS) is 10.8. The number of imide groups is 1. The second-order valence-electron chi connectivity index (χ2n) is 7.15. The average Bonchev–Trinajstić information content (AvgIpc) is 2.83. The minimum atomic E-state index is -3.85. The first kappa shape index (κ1) is 24.5. The molecule has 0 saturated carbocycles. The number of sulfonamides is 1. The van der Waals surface area contributed by atoms with E-state index in [4.69, 9.17) is 9.47 Å². The van der Waals surface area contributed by atoms with Gasteiger partial charge < -0.3 is 9.47 Å². The van der Waals surface area contributed by atoms with Gasteiger partial charge in [0, 0.05) is 5.69 Å². The lowest BCUT2D eigenvalue weighted by atomic mass is 10.2. The summed E-state index contributed by atoms with van der Waals surface area (Å²) in [5, 5.41) is 2.11. The van der Waals surface area contributed by atoms with Crippen LogP contribution in [0, 0.1) is 6.92 Å². The smallest absolute Gasteiger partial charge is 0.338 e. The molecule has 0 aliphatic heterocycles. The zero-order valence-corrected chi connectivity index (χ0v) is 19.2. The molecule has 0 spiro atoms. The molecule has 0 unspecified atom stereocenters. The van der Waals surface area contributed by atoms with E-state index in [9.17, 15) is 22.8 Å². The molecule has 0 fully saturated rings. The van der Waals surface area contributed by atoms with Crippen LogP contribution in [-0.4, -0.2) is 39.9 Å². The first-order valence-electron chi connectivity index (χ1n) is 10.0. The number of esters is 1. The maximum atomic E-state index is 12.5. The molecule has 0 aliphatic carbocycles. The summed E-state index contributed by atoms with van der Waals surface area (Å²) in [6, 6.07) is 18.2. The van der Waals surface area contributed by atoms with E-state index in [1.807, 2.05) is 6.92 Å². The van der Waals surface area contributed by atoms with Gasteiger partial charge >= 0.3 is 5.97 Å². The second-order valence-corrected chi connectivity index (χ2v) is 8.83. The average molecular weight is 483 g/mol. The van der Waals surface area contributed by atoms with Crippen LogP contribution in [0.2, 0.25) is 0 Å². The summed E-state index contributed by atoms with van der Waals surface area (Å²) >= 11 is 0. The number of para-hydroxylation sites is 1. The molecular formula is C24H22N2O7S. The van der Waals surface area contributed by atoms with Gasteiger partial charge in [-0.3, -0.25) is 19.6 Å². The maximum Gasteiger partial charge on any atom is 0.338 e. The Morgan fingerprint density at radius 2 is 1.53 bits per heavy atom. The number of anilines is 1. The summed E-state index contributed by atoms with van der Waals surface area (Å²) < 4.78 is 37.5. The molecule has 34 heavy (non-hydrogen) atoms. The van der Waals surface area contributed by atoms with E-state index >= 15 is 0 Å². The maximum absolute atomic E-state index is 12.5. The summed E-state index contributed by atoms with van der Waals surface area (Å²) in [5.74, 6) is -2.09. The molecule has 2 N–H and O–H groups in total. The van der Waals surface area contributed by atoms with E-state index in [0.717, 1.165) is 5.56 Å². The Morgan fingerprint density at radius 3 is 2.18 bits per heavy atom. The Bertz CT molecular complexity index is 1300. The van der Waals surface area contributed by atoms with E-state index in [1.165, 1.54) is 37.4 Å². The summed E-state index contributed by atoms with van der Waals surface area (Å²) in [7, 11) is -2.46. The van der Waals surface area contributed by atoms with Crippen molar-refractivity contribution in [2.75, 3.05) is 18.4 Å². The molecule has 0 bridgehead atoms. The Morgan fingerprint density at radius 1 is 0.882 bits per heavy atom. The van der Waals surface area contributed by atoms with Gasteiger partial charge in [-0.25, -0.2) is 13.2 Å². The van der Waals surface area contributed by atoms with Gasteiger partial charge in [-0.2, -0.15) is 0 Å². The molecule has 9 nitrogen and oxygen atoms in total. The van der Waals surface area contributed by atoms with Crippen LogP contribution in [0.3, 0.4) is 0 Å². The van der Waals surface area contributed by atoms with Crippen LogP contribution in [-0.2, 0) is 19.6 Å². The molecule has 0 radical (unpaired) electrons. The molecule has 0 aromatic heterocycles. The van der Waals surface area contributed by atoms with Crippen molar-refractivity contribution < 1.29 is 32.3 Å². The fourth-order valence-corrected chi connectivity index (χ4v) is 3.94. The van der Waals surface area contributed by atoms with Crippen molar-refractivity contribution in [3.63, 3.8) is 0 Å². The number of carbonyl (C=O) groups excluding carboxylic acids is 3. The Kier molecular flexibility index (Phi) is 7.64. The van der Waals surface area contributed by atoms with Gasteiger partial charge in [0.25, 0.3) is 21.8 Å². The molecule has 3 aromatic rings. The van der Waals surface area contributed by atoms with Gasteiger partial charge in [-0.05, 0) is 55.5 Å². The van der Waals surface area contributed by atoms with E-state index in [2.05, 4.69) is 10.0 Å². The number of rotatable bonds is 8. The highest BCUT2D eigenvalue weighted by molar-refractivity contribution is 7.92. The van der Waals surface area contributed by atoms with Gasteiger partial charge in [0.2, 0.25) is 0 Å². The predicted molar refractivity (Wildman–Crippen MR) is 124 cm³/mol. The van der Waals surface area contributed by atoms with Crippen molar-refractivity contribution >= 4 is 33.5 Å². The fraction of sp³-hybridized carbons (Fsp3) is 0.125. The molecule has 0 aliphatic rings. The summed E-state index contributed by atoms with van der Waals surface area (Å²) in [5.41, 5.74) is 1.59. The number of ether oxygens (including phenoxy) is 2. The van der Waals surface area contributed by atoms with E-state index < -0.39 is 34.4 Å². The highest BCUT2D eigenvalue weighted by Gasteiger charge is 2.18. The number of hydrogen-bond acceptors (Lipinski definition) is 7. The van der Waals surface area contributed by atoms with Crippen molar-refractivity contribution in [3.8, 4) is 5.75 Å². The van der Waals surface area contributed by atoms with E-state index in [-0.39, 0.29) is 21.8 Å². The second kappa shape index (κ2) is 10.6. The highest BCUT2D eigenvalue weighted by Crippen LogP contribution is 2.18. The minimum absolute atomic E-state index is 0.0399. The van der Waals surface area contributed by atoms with Crippen molar-refractivity contribution in [3.05, 3.63) is 89.5 Å². The molecule has 0 atom stereocenters. The van der Waals surface area contributed by atoms with Crippen molar-refractivity contribution in [2.45, 2.75) is 11.8 Å². The lowest BCUT2D eigenvalue weighted by Gasteiger charge is -2.10. The third kappa shape index (κ3) is 6.20. The Hall–Kier alpha value is -4.18. The number of amides is 2. The van der Waals surface area contributed by atoms with Gasteiger partial charge in [-0.15, -0.1) is 0 Å². The van der Waals surface area contributed by atoms with E-state index in [1.54, 1.807) is 42.5 Å². The molecule has 3 rings (SSSR count). The van der Waals surface area contributed by atoms with Gasteiger partial charge in [0.15, 0.2) is 6.61 Å². The third-order valence-electron chi connectivity index (χ3n) is 4.64. The minimum Gasteiger partial charge on any atom is -0.496 e. The molecule has 176 valence electrons. The third-order valence-corrected chi connectivity index (χ3v) is 6.04. The molecule has 3 aromatic carbocycles. The summed E-state index contributed by atoms with van der Waals surface area (Å²) in [6.07, 6.45) is 0. The van der Waals surface area contributed by atoms with E-state index in [0.29, 0.717) is 5.69 Å². The van der Waals surface area contributed by atoms with Crippen LogP contribution >= 0.6 is 0 Å². The zero-order valence-electron chi connectivity index (χ0n) is 18.4. The van der Waals surface area contributed by atoms with Crippen molar-refractivity contribution in [1.29, 1.82) is 0 Å². The standard InChI is InChI=1S/C24H22N2O7S/c1-16-7-11-18(12-8-16)26-34(30,31)19-13-9-17(10-14-19)24(29)33-15-22(27)25-23(28)20-5-3-4-6-21(20)32-2/h3-14,26H,15H2,1-2H3,(H,25,27,28). The Labute approximate surface area is 196 Å². The fourth-order valence-electron chi connectivity index (χ4n) is 2.88. The number of nitrogens with one attached hydrogen (secondary N) is 2. The zero-order chi connectivity index (χ0) is 24.7. The molecular weight excluding hydrogens is 460 g/mol. The van der Waals surface area contributed by atoms with Gasteiger partial charge in [-0.1, -0.05) is 29.8 Å². The van der Waals surface area contributed by atoms with Crippen LogP contribution in [0.5, 0.6) is 5.75 Å². The van der Waals surface area contributed by atoms with Gasteiger partial charge in [0.1, 0.15) is 5.75 Å². The largest absolute Gasteiger partial charge is 0.496 e. The number of carbonyl (C=O) groups is 3. The van der Waals surface area contributed by atoms with Crippen LogP contribution in [0.15, 0.2) is 77.7 Å². The number of methoxy groups -OCH3 is 1. The molecule has 0 heterocycles. The van der Waals surface area contributed by atoms with Gasteiger partial charge in [0.05, 0.1) is 23.1 Å². The molecule has 0 saturated heterocycles. The lowest BCUT2D eigenvalue weighted by molar-refractivity contribution is -0.123. The first-order chi connectivity index (χ1) is 16.2. The Balaban J connectivity index is 1.56. The van der Waals surface area contributed by atoms with Crippen molar-refractivity contribution in [2.24, 2.45) is 0 Å². The quantitative estimate of drug-likeness (QED) is 0.473. The summed E-state index contributed by atoms with van der Waals surface area (Å²) in [6.45, 7) is 1.19. The monoisotopic (exact) mass is 482 g/mol. The van der Waals surface area contributed by atoms with Crippen LogP contribution in [0.1, 0.15) is 26.3 Å². The van der Waals surface area contributed by atoms with Crippen molar-refractivity contribution in [1.82, 2.24) is 5.32 Å². The molecule has 2 amide bonds. The highest BCUT2D eigenvalue weighted by atomic mass is 32.2. The van der Waals surface area contributed by atoms with Crippen LogP contribution < -0.4 is 14.8 Å². The predicted octanol–water partition coefficient (Wildman–Crippen LogP) is 2.92.